The summed E-state index contributed by atoms with van der Waals surface area (Å²) in [6.07, 6.45) is 8.96. The van der Waals surface area contributed by atoms with Gasteiger partial charge in [0.15, 0.2) is 0 Å². The molecule has 2 aromatic heterocycles. The van der Waals surface area contributed by atoms with Crippen LogP contribution in [-0.2, 0) is 11.2 Å². The van der Waals surface area contributed by atoms with E-state index in [-0.39, 0.29) is 25.0 Å². The number of pyridine rings is 2. The SMILES string of the molecule is C=Cc1cc(Cc2cc(C#N)c(N3CCN(C(=O)CCO)[C@H](C4CC4)C3)nc2C2CC2)ccn1. The monoisotopic (exact) mass is 457 g/mol. The van der Waals surface area contributed by atoms with Crippen molar-refractivity contribution in [3.8, 4) is 6.07 Å². The number of anilines is 1. The summed E-state index contributed by atoms with van der Waals surface area (Å²) in [4.78, 5) is 26.2. The second kappa shape index (κ2) is 9.55. The average molecular weight is 458 g/mol. The van der Waals surface area contributed by atoms with Gasteiger partial charge in [0.2, 0.25) is 5.91 Å². The van der Waals surface area contributed by atoms with Crippen molar-refractivity contribution < 1.29 is 9.90 Å². The highest BCUT2D eigenvalue weighted by Crippen LogP contribution is 2.43. The smallest absolute Gasteiger partial charge is 0.225 e. The van der Waals surface area contributed by atoms with Gasteiger partial charge < -0.3 is 14.9 Å². The van der Waals surface area contributed by atoms with E-state index in [0.717, 1.165) is 54.0 Å². The van der Waals surface area contributed by atoms with Crippen molar-refractivity contribution in [3.05, 3.63) is 59.1 Å². The Morgan fingerprint density at radius 3 is 2.76 bits per heavy atom. The lowest BCUT2D eigenvalue weighted by Gasteiger charge is -2.42. The molecule has 1 amide bonds. The number of amides is 1. The molecule has 1 atom stereocenters. The quantitative estimate of drug-likeness (QED) is 0.654. The lowest BCUT2D eigenvalue weighted by molar-refractivity contribution is -0.135. The molecule has 0 aromatic carbocycles. The van der Waals surface area contributed by atoms with Gasteiger partial charge in [-0.2, -0.15) is 5.26 Å². The summed E-state index contributed by atoms with van der Waals surface area (Å²) >= 11 is 0. The summed E-state index contributed by atoms with van der Waals surface area (Å²) in [5.41, 5.74) is 4.79. The van der Waals surface area contributed by atoms with Crippen LogP contribution in [0.2, 0.25) is 0 Å². The van der Waals surface area contributed by atoms with E-state index >= 15 is 0 Å². The molecule has 1 N–H and O–H groups in total. The second-order valence-electron chi connectivity index (χ2n) is 9.67. The molecule has 2 aromatic rings. The van der Waals surface area contributed by atoms with Crippen LogP contribution in [0.4, 0.5) is 5.82 Å². The Labute approximate surface area is 200 Å². The van der Waals surface area contributed by atoms with Crippen molar-refractivity contribution in [2.75, 3.05) is 31.1 Å². The number of rotatable bonds is 8. The first kappa shape index (κ1) is 22.5. The summed E-state index contributed by atoms with van der Waals surface area (Å²) in [7, 11) is 0. The zero-order valence-corrected chi connectivity index (χ0v) is 19.5. The van der Waals surface area contributed by atoms with Crippen molar-refractivity contribution in [1.82, 2.24) is 14.9 Å². The van der Waals surface area contributed by atoms with Gasteiger partial charge in [0.05, 0.1) is 23.9 Å². The number of nitriles is 1. The Kier molecular flexibility index (Phi) is 6.34. The Bertz CT molecular complexity index is 1130. The van der Waals surface area contributed by atoms with Gasteiger partial charge in [0, 0.05) is 43.9 Å². The molecule has 3 heterocycles. The molecule has 0 unspecified atom stereocenters. The third-order valence-corrected chi connectivity index (χ3v) is 7.18. The molecule has 0 bridgehead atoms. The maximum Gasteiger partial charge on any atom is 0.225 e. The largest absolute Gasteiger partial charge is 0.396 e. The number of aliphatic hydroxyl groups is 1. The molecular formula is C27H31N5O2. The molecule has 1 saturated heterocycles. The van der Waals surface area contributed by atoms with Crippen LogP contribution in [0.3, 0.4) is 0 Å². The number of nitrogens with zero attached hydrogens (tertiary/aromatic N) is 5. The van der Waals surface area contributed by atoms with Gasteiger partial charge in [0.25, 0.3) is 0 Å². The minimum absolute atomic E-state index is 0.0257. The molecule has 2 saturated carbocycles. The number of hydrogen-bond donors (Lipinski definition) is 1. The standard InChI is InChI=1S/C27H31N5O2/c1-2-23-14-18(7-9-29-23)13-21-15-22(16-28)27(30-26(21)20-5-6-20)31-10-11-32(25(34)8-12-33)24(17-31)19-3-4-19/h2,7,9,14-15,19-20,24,33H,1,3-6,8,10-13,17H2/t24-/m0/s1. The molecule has 3 aliphatic rings. The minimum atomic E-state index is -0.117. The van der Waals surface area contributed by atoms with Crippen molar-refractivity contribution in [3.63, 3.8) is 0 Å². The number of aromatic nitrogens is 2. The number of hydrogen-bond acceptors (Lipinski definition) is 6. The van der Waals surface area contributed by atoms with Crippen LogP contribution in [0.5, 0.6) is 0 Å². The fraction of sp³-hybridized carbons (Fsp3) is 0.481. The van der Waals surface area contributed by atoms with Crippen LogP contribution in [0.25, 0.3) is 6.08 Å². The predicted octanol–water partition coefficient (Wildman–Crippen LogP) is 3.27. The fourth-order valence-electron chi connectivity index (χ4n) is 5.11. The van der Waals surface area contributed by atoms with Gasteiger partial charge in [-0.1, -0.05) is 6.58 Å². The van der Waals surface area contributed by atoms with Crippen LogP contribution in [0.1, 0.15) is 66.1 Å². The molecule has 3 fully saturated rings. The normalized spacial score (nSPS) is 20.2. The predicted molar refractivity (Wildman–Crippen MR) is 130 cm³/mol. The summed E-state index contributed by atoms with van der Waals surface area (Å²) in [5, 5.41) is 19.3. The molecule has 176 valence electrons. The summed E-state index contributed by atoms with van der Waals surface area (Å²) in [6, 6.07) is 8.59. The van der Waals surface area contributed by atoms with Crippen molar-refractivity contribution >= 4 is 17.8 Å². The van der Waals surface area contributed by atoms with E-state index in [4.69, 9.17) is 4.98 Å². The Morgan fingerprint density at radius 1 is 1.26 bits per heavy atom. The minimum Gasteiger partial charge on any atom is -0.396 e. The molecule has 0 spiro atoms. The van der Waals surface area contributed by atoms with Crippen LogP contribution in [0.15, 0.2) is 31.0 Å². The first-order valence-electron chi connectivity index (χ1n) is 12.3. The van der Waals surface area contributed by atoms with Crippen LogP contribution in [-0.4, -0.2) is 58.2 Å². The second-order valence-corrected chi connectivity index (χ2v) is 9.67. The molecule has 0 radical (unpaired) electrons. The van der Waals surface area contributed by atoms with Gasteiger partial charge in [-0.3, -0.25) is 9.78 Å². The number of carbonyl (C=O) groups excluding carboxylic acids is 1. The van der Waals surface area contributed by atoms with Crippen molar-refractivity contribution in [1.29, 1.82) is 5.26 Å². The first-order chi connectivity index (χ1) is 16.6. The van der Waals surface area contributed by atoms with Gasteiger partial charge in [-0.05, 0) is 73.4 Å². The van der Waals surface area contributed by atoms with Crippen molar-refractivity contribution in [2.45, 2.75) is 50.5 Å². The zero-order valence-electron chi connectivity index (χ0n) is 19.5. The molecule has 7 nitrogen and oxygen atoms in total. The molecule has 34 heavy (non-hydrogen) atoms. The first-order valence-corrected chi connectivity index (χ1v) is 12.3. The zero-order chi connectivity index (χ0) is 23.7. The maximum absolute atomic E-state index is 12.6. The van der Waals surface area contributed by atoms with Gasteiger partial charge in [-0.15, -0.1) is 0 Å². The summed E-state index contributed by atoms with van der Waals surface area (Å²) in [6.45, 7) is 5.65. The third-order valence-electron chi connectivity index (χ3n) is 7.18. The van der Waals surface area contributed by atoms with E-state index in [1.165, 1.54) is 0 Å². The average Bonchev–Trinajstić information content (AvgIpc) is 3.77. The lowest BCUT2D eigenvalue weighted by Crippen LogP contribution is -2.56. The number of piperazine rings is 1. The summed E-state index contributed by atoms with van der Waals surface area (Å²) in [5.74, 6) is 1.74. The highest BCUT2D eigenvalue weighted by Gasteiger charge is 2.41. The molecule has 7 heteroatoms. The van der Waals surface area contributed by atoms with E-state index in [0.29, 0.717) is 43.5 Å². The fourth-order valence-corrected chi connectivity index (χ4v) is 5.11. The van der Waals surface area contributed by atoms with E-state index in [9.17, 15) is 15.2 Å². The Balaban J connectivity index is 1.44. The van der Waals surface area contributed by atoms with E-state index in [1.807, 2.05) is 23.1 Å². The van der Waals surface area contributed by atoms with E-state index in [2.05, 4.69) is 22.5 Å². The van der Waals surface area contributed by atoms with Gasteiger partial charge >= 0.3 is 0 Å². The van der Waals surface area contributed by atoms with E-state index in [1.54, 1.807) is 12.3 Å². The Hall–Kier alpha value is -3.24. The van der Waals surface area contributed by atoms with Gasteiger partial charge in [-0.25, -0.2) is 4.98 Å². The Morgan fingerprint density at radius 2 is 2.09 bits per heavy atom. The number of carbonyl (C=O) groups is 1. The van der Waals surface area contributed by atoms with E-state index < -0.39 is 0 Å². The molecule has 2 aliphatic carbocycles. The molecular weight excluding hydrogens is 426 g/mol. The maximum atomic E-state index is 12.6. The highest BCUT2D eigenvalue weighted by atomic mass is 16.3. The highest BCUT2D eigenvalue weighted by molar-refractivity contribution is 5.77. The lowest BCUT2D eigenvalue weighted by atomic mass is 9.98. The van der Waals surface area contributed by atoms with Gasteiger partial charge in [0.1, 0.15) is 11.9 Å². The summed E-state index contributed by atoms with van der Waals surface area (Å²) < 4.78 is 0. The van der Waals surface area contributed by atoms with Crippen molar-refractivity contribution in [2.24, 2.45) is 5.92 Å². The molecule has 1 aliphatic heterocycles. The van der Waals surface area contributed by atoms with Crippen LogP contribution >= 0.6 is 0 Å². The van der Waals surface area contributed by atoms with Crippen LogP contribution in [0, 0.1) is 17.2 Å². The number of aliphatic hydroxyl groups excluding tert-OH is 1. The van der Waals surface area contributed by atoms with Crippen LogP contribution < -0.4 is 4.90 Å². The molecule has 5 rings (SSSR count). The third kappa shape index (κ3) is 4.69. The topological polar surface area (TPSA) is 93.4 Å².